The van der Waals surface area contributed by atoms with Gasteiger partial charge in [-0.3, -0.25) is 0 Å². The lowest BCUT2D eigenvalue weighted by atomic mass is 10.0. The first kappa shape index (κ1) is 9.51. The highest BCUT2D eigenvalue weighted by atomic mass is 19.1. The molecule has 3 N–H and O–H groups in total. The molecular weight excluding hydrogens is 199 g/mol. The molecule has 0 unspecified atom stereocenters. The zero-order valence-electron chi connectivity index (χ0n) is 7.99. The van der Waals surface area contributed by atoms with Crippen molar-refractivity contribution in [2.75, 3.05) is 5.73 Å². The molecule has 0 aliphatic carbocycles. The Bertz CT molecular complexity index is 508. The van der Waals surface area contributed by atoms with Crippen LogP contribution in [0.3, 0.4) is 0 Å². The van der Waals surface area contributed by atoms with Crippen molar-refractivity contribution in [2.45, 2.75) is 6.92 Å². The molecule has 0 aliphatic rings. The second-order valence-electron chi connectivity index (χ2n) is 3.17. The molecule has 5 heteroatoms. The van der Waals surface area contributed by atoms with Gasteiger partial charge in [0, 0.05) is 5.56 Å². The zero-order valence-corrected chi connectivity index (χ0v) is 7.99. The first-order valence-corrected chi connectivity index (χ1v) is 4.30. The van der Waals surface area contributed by atoms with Gasteiger partial charge in [0.15, 0.2) is 0 Å². The third kappa shape index (κ3) is 1.41. The number of phenols is 1. The van der Waals surface area contributed by atoms with Gasteiger partial charge in [-0.05, 0) is 24.6 Å². The van der Waals surface area contributed by atoms with E-state index in [0.29, 0.717) is 16.7 Å². The van der Waals surface area contributed by atoms with E-state index in [0.717, 1.165) is 0 Å². The number of benzene rings is 1. The van der Waals surface area contributed by atoms with E-state index in [4.69, 9.17) is 5.73 Å². The van der Waals surface area contributed by atoms with E-state index in [9.17, 15) is 9.50 Å². The van der Waals surface area contributed by atoms with Crippen LogP contribution in [0.2, 0.25) is 0 Å². The minimum absolute atomic E-state index is 0.0520. The van der Waals surface area contributed by atoms with Gasteiger partial charge in [0.2, 0.25) is 5.88 Å². The number of nitrogens with two attached hydrogens (primary N) is 1. The van der Waals surface area contributed by atoms with E-state index in [1.54, 1.807) is 6.92 Å². The van der Waals surface area contributed by atoms with Gasteiger partial charge in [-0.1, -0.05) is 5.16 Å². The third-order valence-corrected chi connectivity index (χ3v) is 2.24. The fourth-order valence-corrected chi connectivity index (χ4v) is 1.45. The second kappa shape index (κ2) is 3.27. The Hall–Kier alpha value is -2.04. The summed E-state index contributed by atoms with van der Waals surface area (Å²) in [7, 11) is 0. The number of phenolic OH excluding ortho intramolecular Hbond substituents is 1. The molecule has 78 valence electrons. The van der Waals surface area contributed by atoms with Crippen molar-refractivity contribution in [3.05, 3.63) is 29.7 Å². The molecule has 15 heavy (non-hydrogen) atoms. The molecule has 1 aromatic heterocycles. The lowest BCUT2D eigenvalue weighted by Gasteiger charge is -2.07. The quantitative estimate of drug-likeness (QED) is 0.752. The van der Waals surface area contributed by atoms with Crippen molar-refractivity contribution in [1.29, 1.82) is 0 Å². The van der Waals surface area contributed by atoms with E-state index >= 15 is 0 Å². The van der Waals surface area contributed by atoms with Gasteiger partial charge in [-0.2, -0.15) is 0 Å². The number of hydrogen-bond donors (Lipinski definition) is 2. The van der Waals surface area contributed by atoms with E-state index < -0.39 is 5.82 Å². The molecule has 0 saturated carbocycles. The first-order valence-electron chi connectivity index (χ1n) is 4.30. The fourth-order valence-electron chi connectivity index (χ4n) is 1.45. The maximum absolute atomic E-state index is 13.3. The van der Waals surface area contributed by atoms with Crippen LogP contribution in [-0.4, -0.2) is 10.3 Å². The molecular formula is C10H9FN2O2. The summed E-state index contributed by atoms with van der Waals surface area (Å²) in [6, 6.07) is 2.46. The number of halogens is 1. The Balaban J connectivity index is 2.72. The van der Waals surface area contributed by atoms with Gasteiger partial charge in [0.25, 0.3) is 0 Å². The summed E-state index contributed by atoms with van der Waals surface area (Å²) in [5, 5.41) is 13.1. The highest BCUT2D eigenvalue weighted by Gasteiger charge is 2.16. The third-order valence-electron chi connectivity index (χ3n) is 2.24. The van der Waals surface area contributed by atoms with E-state index in [1.807, 2.05) is 0 Å². The molecule has 0 atom stereocenters. The molecule has 0 bridgehead atoms. The topological polar surface area (TPSA) is 72.3 Å². The largest absolute Gasteiger partial charge is 0.507 e. The minimum Gasteiger partial charge on any atom is -0.507 e. The van der Waals surface area contributed by atoms with E-state index in [2.05, 4.69) is 9.68 Å². The number of nitrogens with zero attached hydrogens (tertiary/aromatic N) is 1. The first-order chi connectivity index (χ1) is 7.11. The smallest absolute Gasteiger partial charge is 0.230 e. The SMILES string of the molecule is Cc1c(F)ccc(O)c1-c1cnoc1N. The van der Waals surface area contributed by atoms with Crippen molar-refractivity contribution in [1.82, 2.24) is 5.16 Å². The predicted octanol–water partition coefficient (Wildman–Crippen LogP) is 2.08. The highest BCUT2D eigenvalue weighted by molar-refractivity contribution is 5.79. The minimum atomic E-state index is -0.414. The average Bonchev–Trinajstić information content (AvgIpc) is 2.60. The van der Waals surface area contributed by atoms with Crippen molar-refractivity contribution in [2.24, 2.45) is 0 Å². The zero-order chi connectivity index (χ0) is 11.0. The Morgan fingerprint density at radius 3 is 2.80 bits per heavy atom. The van der Waals surface area contributed by atoms with Crippen molar-refractivity contribution < 1.29 is 14.0 Å². The second-order valence-corrected chi connectivity index (χ2v) is 3.17. The number of rotatable bonds is 1. The molecule has 4 nitrogen and oxygen atoms in total. The van der Waals surface area contributed by atoms with E-state index in [1.165, 1.54) is 18.3 Å². The van der Waals surface area contributed by atoms with Crippen molar-refractivity contribution in [3.63, 3.8) is 0 Å². The molecule has 0 amide bonds. The average molecular weight is 208 g/mol. The Labute approximate surface area is 85.1 Å². The summed E-state index contributed by atoms with van der Waals surface area (Å²) >= 11 is 0. The van der Waals surface area contributed by atoms with Crippen LogP contribution in [0, 0.1) is 12.7 Å². The standard InChI is InChI=1S/C10H9FN2O2/c1-5-7(11)2-3-8(14)9(5)6-4-13-15-10(6)12/h2-4,14H,12H2,1H3. The maximum atomic E-state index is 13.3. The molecule has 0 spiro atoms. The number of hydrogen-bond acceptors (Lipinski definition) is 4. The van der Waals surface area contributed by atoms with Crippen LogP contribution in [0.1, 0.15) is 5.56 Å². The van der Waals surface area contributed by atoms with Crippen LogP contribution >= 0.6 is 0 Å². The van der Waals surface area contributed by atoms with Gasteiger partial charge in [0.1, 0.15) is 11.6 Å². The van der Waals surface area contributed by atoms with Gasteiger partial charge in [-0.25, -0.2) is 4.39 Å². The summed E-state index contributed by atoms with van der Waals surface area (Å²) in [5.74, 6) is -0.411. The van der Waals surface area contributed by atoms with Crippen LogP contribution in [-0.2, 0) is 0 Å². The molecule has 0 saturated heterocycles. The van der Waals surface area contributed by atoms with Crippen LogP contribution in [0.5, 0.6) is 5.75 Å². The Kier molecular flexibility index (Phi) is 2.07. The van der Waals surface area contributed by atoms with Crippen LogP contribution in [0.15, 0.2) is 22.9 Å². The molecule has 1 heterocycles. The normalized spacial score (nSPS) is 10.5. The molecule has 0 aliphatic heterocycles. The van der Waals surface area contributed by atoms with Crippen LogP contribution in [0.25, 0.3) is 11.1 Å². The predicted molar refractivity (Wildman–Crippen MR) is 52.7 cm³/mol. The number of aromatic hydroxyl groups is 1. The Morgan fingerprint density at radius 2 is 2.20 bits per heavy atom. The highest BCUT2D eigenvalue weighted by Crippen LogP contribution is 2.36. The van der Waals surface area contributed by atoms with Gasteiger partial charge in [0.05, 0.1) is 11.8 Å². The lowest BCUT2D eigenvalue weighted by molar-refractivity contribution is 0.436. The van der Waals surface area contributed by atoms with Gasteiger partial charge < -0.3 is 15.4 Å². The molecule has 2 aromatic rings. The van der Waals surface area contributed by atoms with Crippen LogP contribution < -0.4 is 5.73 Å². The number of nitrogen functional groups attached to an aromatic ring is 1. The lowest BCUT2D eigenvalue weighted by Crippen LogP contribution is -1.91. The summed E-state index contributed by atoms with van der Waals surface area (Å²) < 4.78 is 17.9. The molecule has 0 radical (unpaired) electrons. The van der Waals surface area contributed by atoms with Crippen molar-refractivity contribution in [3.8, 4) is 16.9 Å². The van der Waals surface area contributed by atoms with Gasteiger partial charge in [-0.15, -0.1) is 0 Å². The molecule has 2 rings (SSSR count). The summed E-state index contributed by atoms with van der Waals surface area (Å²) in [6.45, 7) is 1.55. The summed E-state index contributed by atoms with van der Waals surface area (Å²) in [4.78, 5) is 0. The summed E-state index contributed by atoms with van der Waals surface area (Å²) in [5.41, 5.74) is 6.51. The number of aromatic nitrogens is 1. The van der Waals surface area contributed by atoms with E-state index in [-0.39, 0.29) is 11.6 Å². The van der Waals surface area contributed by atoms with Crippen molar-refractivity contribution >= 4 is 5.88 Å². The monoisotopic (exact) mass is 208 g/mol. The summed E-state index contributed by atoms with van der Waals surface area (Å²) in [6.07, 6.45) is 1.34. The Morgan fingerprint density at radius 1 is 1.47 bits per heavy atom. The van der Waals surface area contributed by atoms with Gasteiger partial charge >= 0.3 is 0 Å². The maximum Gasteiger partial charge on any atom is 0.230 e. The fraction of sp³-hybridized carbons (Fsp3) is 0.100. The number of anilines is 1. The molecule has 1 aromatic carbocycles. The van der Waals surface area contributed by atoms with Crippen LogP contribution in [0.4, 0.5) is 10.3 Å². The molecule has 0 fully saturated rings.